The summed E-state index contributed by atoms with van der Waals surface area (Å²) in [5.41, 5.74) is -0.791. The maximum atomic E-state index is 13.5. The Kier molecular flexibility index (Phi) is 4.45. The first-order valence-electron chi connectivity index (χ1n) is 5.67. The summed E-state index contributed by atoms with van der Waals surface area (Å²) < 4.78 is 55.6. The van der Waals surface area contributed by atoms with E-state index in [2.05, 4.69) is 0 Å². The third-order valence-electron chi connectivity index (χ3n) is 2.98. The Balaban J connectivity index is 3.10. The van der Waals surface area contributed by atoms with E-state index in [0.717, 1.165) is 0 Å². The number of hydrogen-bond acceptors (Lipinski definition) is 2. The van der Waals surface area contributed by atoms with Crippen molar-refractivity contribution in [3.63, 3.8) is 0 Å². The number of methoxy groups -OCH3 is 1. The summed E-state index contributed by atoms with van der Waals surface area (Å²) in [7, 11) is 1.25. The molecule has 0 amide bonds. The number of ether oxygens (including phenoxy) is 1. The molecule has 0 aliphatic carbocycles. The zero-order valence-electron chi connectivity index (χ0n) is 10.9. The highest BCUT2D eigenvalue weighted by molar-refractivity contribution is 5.40. The molecule has 1 aromatic carbocycles. The van der Waals surface area contributed by atoms with Crippen LogP contribution in [0, 0.1) is 5.82 Å². The van der Waals surface area contributed by atoms with E-state index in [1.165, 1.54) is 39.2 Å². The maximum Gasteiger partial charge on any atom is 0.414 e. The van der Waals surface area contributed by atoms with Crippen LogP contribution in [0.25, 0.3) is 0 Å². The molecule has 108 valence electrons. The molecule has 1 rings (SSSR count). The fraction of sp³-hybridized carbons (Fsp3) is 0.538. The number of benzene rings is 1. The van der Waals surface area contributed by atoms with Gasteiger partial charge in [0.1, 0.15) is 0 Å². The van der Waals surface area contributed by atoms with E-state index >= 15 is 0 Å². The van der Waals surface area contributed by atoms with Crippen LogP contribution < -0.4 is 4.74 Å². The Labute approximate surface area is 109 Å². The molecular weight excluding hydrogens is 264 g/mol. The minimum Gasteiger partial charge on any atom is -0.493 e. The van der Waals surface area contributed by atoms with Gasteiger partial charge in [-0.1, -0.05) is 26.0 Å². The van der Waals surface area contributed by atoms with Crippen molar-refractivity contribution >= 4 is 0 Å². The van der Waals surface area contributed by atoms with Gasteiger partial charge in [-0.2, -0.15) is 13.2 Å². The number of aliphatic hydroxyl groups excluding tert-OH is 1. The second kappa shape index (κ2) is 5.36. The average Bonchev–Trinajstić information content (AvgIpc) is 2.26. The highest BCUT2D eigenvalue weighted by Crippen LogP contribution is 2.39. The molecule has 0 spiro atoms. The Morgan fingerprint density at radius 2 is 1.84 bits per heavy atom. The second-order valence-electron chi connectivity index (χ2n) is 4.97. The number of alkyl halides is 3. The number of halogens is 4. The molecule has 0 saturated heterocycles. The van der Waals surface area contributed by atoms with Crippen molar-refractivity contribution in [3.8, 4) is 5.75 Å². The van der Waals surface area contributed by atoms with Gasteiger partial charge in [-0.15, -0.1) is 0 Å². The molecule has 0 aliphatic rings. The van der Waals surface area contributed by atoms with Crippen LogP contribution in [0.2, 0.25) is 0 Å². The second-order valence-corrected chi connectivity index (χ2v) is 4.97. The van der Waals surface area contributed by atoms with Gasteiger partial charge in [0.15, 0.2) is 17.7 Å². The molecule has 19 heavy (non-hydrogen) atoms. The molecule has 1 aromatic rings. The van der Waals surface area contributed by atoms with Gasteiger partial charge in [0.05, 0.1) is 7.11 Å². The molecule has 0 aromatic heterocycles. The van der Waals surface area contributed by atoms with Gasteiger partial charge < -0.3 is 9.84 Å². The van der Waals surface area contributed by atoms with Crippen LogP contribution in [0.4, 0.5) is 17.6 Å². The van der Waals surface area contributed by atoms with Crippen LogP contribution in [-0.4, -0.2) is 24.5 Å². The minimum absolute atomic E-state index is 0.0955. The lowest BCUT2D eigenvalue weighted by Gasteiger charge is -2.30. The van der Waals surface area contributed by atoms with Crippen LogP contribution in [0.15, 0.2) is 18.2 Å². The van der Waals surface area contributed by atoms with E-state index in [0.29, 0.717) is 5.56 Å². The molecule has 1 unspecified atom stereocenters. The molecule has 1 atom stereocenters. The van der Waals surface area contributed by atoms with Gasteiger partial charge in [0.25, 0.3) is 0 Å². The quantitative estimate of drug-likeness (QED) is 0.856. The van der Waals surface area contributed by atoms with Gasteiger partial charge in [-0.3, -0.25) is 0 Å². The average molecular weight is 280 g/mol. The monoisotopic (exact) mass is 280 g/mol. The van der Waals surface area contributed by atoms with Crippen LogP contribution >= 0.6 is 0 Å². The lowest BCUT2D eigenvalue weighted by atomic mass is 9.79. The topological polar surface area (TPSA) is 29.5 Å². The summed E-state index contributed by atoms with van der Waals surface area (Å²) in [4.78, 5) is 0. The third-order valence-corrected chi connectivity index (χ3v) is 2.98. The smallest absolute Gasteiger partial charge is 0.414 e. The first kappa shape index (κ1) is 15.8. The van der Waals surface area contributed by atoms with E-state index in [4.69, 9.17) is 9.84 Å². The molecule has 0 fully saturated rings. The standard InChI is InChI=1S/C13H16F4O2/c1-12(2,7-10(18)13(15,16)17)8-5-4-6-9(14)11(8)19-3/h4-6,10,18H,7H2,1-3H3. The highest BCUT2D eigenvalue weighted by atomic mass is 19.4. The fourth-order valence-corrected chi connectivity index (χ4v) is 1.96. The Morgan fingerprint density at radius 3 is 2.32 bits per heavy atom. The molecule has 0 saturated carbocycles. The molecule has 2 nitrogen and oxygen atoms in total. The van der Waals surface area contributed by atoms with Crippen molar-refractivity contribution in [1.29, 1.82) is 0 Å². The van der Waals surface area contributed by atoms with Crippen molar-refractivity contribution in [2.75, 3.05) is 7.11 Å². The van der Waals surface area contributed by atoms with E-state index in [1.807, 2.05) is 0 Å². The summed E-state index contributed by atoms with van der Waals surface area (Å²) in [6.07, 6.45) is -7.73. The Hall–Kier alpha value is -1.30. The highest BCUT2D eigenvalue weighted by Gasteiger charge is 2.42. The number of aliphatic hydroxyl groups is 1. The number of para-hydroxylation sites is 1. The maximum absolute atomic E-state index is 13.5. The van der Waals surface area contributed by atoms with Crippen LogP contribution in [0.3, 0.4) is 0 Å². The lowest BCUT2D eigenvalue weighted by Crippen LogP contribution is -2.35. The molecule has 1 N–H and O–H groups in total. The van der Waals surface area contributed by atoms with Crippen molar-refractivity contribution in [1.82, 2.24) is 0 Å². The van der Waals surface area contributed by atoms with Gasteiger partial charge in [0, 0.05) is 5.56 Å². The van der Waals surface area contributed by atoms with Crippen LogP contribution in [0.5, 0.6) is 5.75 Å². The minimum atomic E-state index is -4.70. The lowest BCUT2D eigenvalue weighted by molar-refractivity contribution is -0.209. The molecule has 0 radical (unpaired) electrons. The predicted molar refractivity (Wildman–Crippen MR) is 62.7 cm³/mol. The van der Waals surface area contributed by atoms with E-state index in [-0.39, 0.29) is 5.75 Å². The number of rotatable bonds is 4. The number of hydrogen-bond donors (Lipinski definition) is 1. The predicted octanol–water partition coefficient (Wildman–Crippen LogP) is 3.43. The summed E-state index contributed by atoms with van der Waals surface area (Å²) in [6, 6.07) is 4.05. The molecule has 6 heteroatoms. The summed E-state index contributed by atoms with van der Waals surface area (Å²) in [5, 5.41) is 9.16. The molecule has 0 heterocycles. The largest absolute Gasteiger partial charge is 0.493 e. The molecular formula is C13H16F4O2. The molecule has 0 aliphatic heterocycles. The zero-order chi connectivity index (χ0) is 14.8. The Morgan fingerprint density at radius 1 is 1.26 bits per heavy atom. The van der Waals surface area contributed by atoms with E-state index in [9.17, 15) is 17.6 Å². The SMILES string of the molecule is COc1c(F)cccc1C(C)(C)CC(O)C(F)(F)F. The van der Waals surface area contributed by atoms with Crippen molar-refractivity contribution in [2.45, 2.75) is 38.0 Å². The van der Waals surface area contributed by atoms with Gasteiger partial charge in [-0.05, 0) is 17.9 Å². The van der Waals surface area contributed by atoms with Crippen molar-refractivity contribution < 1.29 is 27.4 Å². The van der Waals surface area contributed by atoms with Gasteiger partial charge in [-0.25, -0.2) is 4.39 Å². The van der Waals surface area contributed by atoms with Crippen molar-refractivity contribution in [2.24, 2.45) is 0 Å². The fourth-order valence-electron chi connectivity index (χ4n) is 1.96. The normalized spacial score (nSPS) is 14.3. The molecule has 0 bridgehead atoms. The van der Waals surface area contributed by atoms with E-state index < -0.39 is 29.9 Å². The first-order valence-corrected chi connectivity index (χ1v) is 5.67. The van der Waals surface area contributed by atoms with Crippen LogP contribution in [0.1, 0.15) is 25.8 Å². The first-order chi connectivity index (χ1) is 8.59. The Bertz CT molecular complexity index is 441. The van der Waals surface area contributed by atoms with E-state index in [1.54, 1.807) is 0 Å². The summed E-state index contributed by atoms with van der Waals surface area (Å²) >= 11 is 0. The van der Waals surface area contributed by atoms with Crippen molar-refractivity contribution in [3.05, 3.63) is 29.6 Å². The summed E-state index contributed by atoms with van der Waals surface area (Å²) in [6.45, 7) is 3.00. The van der Waals surface area contributed by atoms with Crippen LogP contribution in [-0.2, 0) is 5.41 Å². The van der Waals surface area contributed by atoms with Gasteiger partial charge in [0.2, 0.25) is 0 Å². The third kappa shape index (κ3) is 3.59. The van der Waals surface area contributed by atoms with Gasteiger partial charge >= 0.3 is 6.18 Å². The zero-order valence-corrected chi connectivity index (χ0v) is 10.9. The summed E-state index contributed by atoms with van der Waals surface area (Å²) in [5.74, 6) is -0.739.